The number of phenolic OH excluding ortho intramolecular Hbond substituents is 1. The quantitative estimate of drug-likeness (QED) is 0.537. The zero-order valence-electron chi connectivity index (χ0n) is 14.6. The van der Waals surface area contributed by atoms with Gasteiger partial charge in [0.15, 0.2) is 5.11 Å². The number of hydrogen-bond acceptors (Lipinski definition) is 4. The third-order valence-electron chi connectivity index (χ3n) is 5.97. The molecule has 8 heteroatoms. The Bertz CT molecular complexity index is 806. The zero-order valence-corrected chi connectivity index (χ0v) is 16.3. The number of thiocarbonyl (C=S) groups is 1. The highest BCUT2D eigenvalue weighted by atomic mass is 32.2. The lowest BCUT2D eigenvalue weighted by atomic mass is 9.96. The topological polar surface area (TPSA) is 81.7 Å². The number of nitrogens with one attached hydrogen (secondary N) is 2. The molecule has 3 fully saturated rings. The number of hydrogen-bond donors (Lipinski definition) is 3. The lowest BCUT2D eigenvalue weighted by molar-refractivity contribution is 0.391. The van der Waals surface area contributed by atoms with Crippen LogP contribution in [-0.4, -0.2) is 42.1 Å². The lowest BCUT2D eigenvalue weighted by Gasteiger charge is -2.25. The van der Waals surface area contributed by atoms with Crippen LogP contribution >= 0.6 is 12.2 Å². The van der Waals surface area contributed by atoms with Gasteiger partial charge in [0.1, 0.15) is 5.75 Å². The Labute approximate surface area is 160 Å². The molecule has 2 bridgehead atoms. The summed E-state index contributed by atoms with van der Waals surface area (Å²) in [6.45, 7) is 1.10. The van der Waals surface area contributed by atoms with Crippen LogP contribution in [0.5, 0.6) is 5.75 Å². The summed E-state index contributed by atoms with van der Waals surface area (Å²) in [6.07, 6.45) is 6.76. The summed E-state index contributed by atoms with van der Waals surface area (Å²) in [6, 6.07) is 4.71. The van der Waals surface area contributed by atoms with Gasteiger partial charge in [-0.05, 0) is 74.4 Å². The first-order valence-electron chi connectivity index (χ1n) is 9.34. The third kappa shape index (κ3) is 3.42. The molecule has 0 unspecified atom stereocenters. The maximum Gasteiger partial charge on any atom is 0.243 e. The van der Waals surface area contributed by atoms with E-state index in [2.05, 4.69) is 10.6 Å². The molecule has 3 aliphatic rings. The lowest BCUT2D eigenvalue weighted by Crippen LogP contribution is -2.40. The van der Waals surface area contributed by atoms with Crippen LogP contribution in [0.2, 0.25) is 0 Å². The van der Waals surface area contributed by atoms with E-state index >= 15 is 0 Å². The van der Waals surface area contributed by atoms with Gasteiger partial charge in [-0.1, -0.05) is 6.42 Å². The molecular formula is C18H25N3O3S2. The molecule has 1 aromatic rings. The molecule has 1 aromatic carbocycles. The van der Waals surface area contributed by atoms with Crippen LogP contribution in [0.4, 0.5) is 5.69 Å². The Kier molecular flexibility index (Phi) is 4.83. The van der Waals surface area contributed by atoms with Crippen molar-refractivity contribution in [3.05, 3.63) is 18.2 Å². The molecule has 142 valence electrons. The van der Waals surface area contributed by atoms with Gasteiger partial charge in [0.05, 0.1) is 10.6 Å². The average molecular weight is 396 g/mol. The third-order valence-corrected chi connectivity index (χ3v) is 8.09. The van der Waals surface area contributed by atoms with E-state index in [1.54, 1.807) is 0 Å². The molecule has 0 radical (unpaired) electrons. The van der Waals surface area contributed by atoms with E-state index in [4.69, 9.17) is 12.2 Å². The molecular weight excluding hydrogens is 370 g/mol. The van der Waals surface area contributed by atoms with Crippen LogP contribution in [0.15, 0.2) is 23.1 Å². The van der Waals surface area contributed by atoms with Gasteiger partial charge in [0.25, 0.3) is 0 Å². The summed E-state index contributed by atoms with van der Waals surface area (Å²) in [7, 11) is -3.52. The Balaban J connectivity index is 1.47. The summed E-state index contributed by atoms with van der Waals surface area (Å²) in [5.74, 6) is 1.47. The molecule has 0 spiro atoms. The predicted molar refractivity (Wildman–Crippen MR) is 105 cm³/mol. The second-order valence-corrected chi connectivity index (χ2v) is 10.0. The Morgan fingerprint density at radius 3 is 2.62 bits per heavy atom. The van der Waals surface area contributed by atoms with Crippen molar-refractivity contribution >= 4 is 33.0 Å². The normalized spacial score (nSPS) is 28.4. The maximum atomic E-state index is 12.7. The summed E-state index contributed by atoms with van der Waals surface area (Å²) in [5, 5.41) is 16.9. The van der Waals surface area contributed by atoms with Crippen molar-refractivity contribution < 1.29 is 13.5 Å². The van der Waals surface area contributed by atoms with Gasteiger partial charge in [-0.15, -0.1) is 0 Å². The molecule has 0 aromatic heterocycles. The van der Waals surface area contributed by atoms with E-state index in [9.17, 15) is 13.5 Å². The first kappa shape index (κ1) is 18.0. The second-order valence-electron chi connectivity index (χ2n) is 7.67. The van der Waals surface area contributed by atoms with Gasteiger partial charge >= 0.3 is 0 Å². The standard InChI is InChI=1S/C18H25N3O3S2/c22-17-6-5-14(26(23,24)21-7-1-2-8-21)11-16(17)20-18(25)19-15-10-12-3-4-13(15)9-12/h5-6,11-13,15,22H,1-4,7-10H2,(H2,19,20,25)/t12-,13-,15-/m1/s1. The van der Waals surface area contributed by atoms with E-state index in [-0.39, 0.29) is 10.6 Å². The Morgan fingerprint density at radius 2 is 1.96 bits per heavy atom. The fourth-order valence-electron chi connectivity index (χ4n) is 4.60. The molecule has 1 heterocycles. The molecule has 4 rings (SSSR count). The molecule has 2 aliphatic carbocycles. The number of aromatic hydroxyl groups is 1. The van der Waals surface area contributed by atoms with Gasteiger partial charge in [0, 0.05) is 19.1 Å². The monoisotopic (exact) mass is 395 g/mol. The minimum atomic E-state index is -3.52. The molecule has 6 nitrogen and oxygen atoms in total. The van der Waals surface area contributed by atoms with Crippen molar-refractivity contribution in [1.82, 2.24) is 9.62 Å². The van der Waals surface area contributed by atoms with Gasteiger partial charge in [-0.3, -0.25) is 0 Å². The summed E-state index contributed by atoms with van der Waals surface area (Å²) in [4.78, 5) is 0.183. The highest BCUT2D eigenvalue weighted by Crippen LogP contribution is 2.44. The van der Waals surface area contributed by atoms with E-state index in [1.165, 1.54) is 41.8 Å². The van der Waals surface area contributed by atoms with Crippen molar-refractivity contribution in [2.75, 3.05) is 18.4 Å². The summed E-state index contributed by atoms with van der Waals surface area (Å²) < 4.78 is 26.9. The SMILES string of the molecule is O=S(=O)(c1ccc(O)c(NC(=S)N[C@@H]2C[C@@H]3CC[C@@H]2C3)c1)N1CCCC1. The van der Waals surface area contributed by atoms with Crippen LogP contribution in [-0.2, 0) is 10.0 Å². The molecule has 1 saturated heterocycles. The van der Waals surface area contributed by atoms with Gasteiger partial charge < -0.3 is 15.7 Å². The van der Waals surface area contributed by atoms with Crippen molar-refractivity contribution in [3.8, 4) is 5.75 Å². The van der Waals surface area contributed by atoms with Crippen LogP contribution in [0.1, 0.15) is 38.5 Å². The van der Waals surface area contributed by atoms with Crippen LogP contribution in [0.25, 0.3) is 0 Å². The largest absolute Gasteiger partial charge is 0.506 e. The maximum absolute atomic E-state index is 12.7. The van der Waals surface area contributed by atoms with Crippen molar-refractivity contribution in [2.45, 2.75) is 49.5 Å². The number of phenols is 1. The molecule has 26 heavy (non-hydrogen) atoms. The number of benzene rings is 1. The molecule has 3 N–H and O–H groups in total. The predicted octanol–water partition coefficient (Wildman–Crippen LogP) is 2.65. The van der Waals surface area contributed by atoms with Gasteiger partial charge in [0.2, 0.25) is 10.0 Å². The smallest absolute Gasteiger partial charge is 0.243 e. The molecule has 1 aliphatic heterocycles. The van der Waals surface area contributed by atoms with E-state index in [1.807, 2.05) is 0 Å². The number of fused-ring (bicyclic) bond motifs is 2. The van der Waals surface area contributed by atoms with Crippen molar-refractivity contribution in [1.29, 1.82) is 0 Å². The Hall–Kier alpha value is -1.38. The van der Waals surface area contributed by atoms with E-state index < -0.39 is 10.0 Å². The van der Waals surface area contributed by atoms with Gasteiger partial charge in [-0.2, -0.15) is 4.31 Å². The van der Waals surface area contributed by atoms with E-state index in [0.29, 0.717) is 35.8 Å². The number of rotatable bonds is 4. The molecule has 0 amide bonds. The molecule has 2 saturated carbocycles. The second kappa shape index (κ2) is 6.98. The van der Waals surface area contributed by atoms with Crippen LogP contribution in [0, 0.1) is 11.8 Å². The minimum Gasteiger partial charge on any atom is -0.506 e. The number of nitrogens with zero attached hydrogens (tertiary/aromatic N) is 1. The van der Waals surface area contributed by atoms with Crippen molar-refractivity contribution in [3.63, 3.8) is 0 Å². The van der Waals surface area contributed by atoms with Crippen molar-refractivity contribution in [2.24, 2.45) is 11.8 Å². The van der Waals surface area contributed by atoms with Crippen LogP contribution in [0.3, 0.4) is 0 Å². The Morgan fingerprint density at radius 1 is 1.19 bits per heavy atom. The number of anilines is 1. The first-order valence-corrected chi connectivity index (χ1v) is 11.2. The van der Waals surface area contributed by atoms with E-state index in [0.717, 1.165) is 25.2 Å². The highest BCUT2D eigenvalue weighted by Gasteiger charge is 2.39. The fraction of sp³-hybridized carbons (Fsp3) is 0.611. The summed E-state index contributed by atoms with van der Waals surface area (Å²) in [5.41, 5.74) is 0.325. The van der Waals surface area contributed by atoms with Gasteiger partial charge in [-0.25, -0.2) is 8.42 Å². The average Bonchev–Trinajstić information content (AvgIpc) is 3.34. The first-order chi connectivity index (χ1) is 12.4. The molecule has 3 atom stereocenters. The summed E-state index contributed by atoms with van der Waals surface area (Å²) >= 11 is 5.40. The minimum absolute atomic E-state index is 0.0116. The number of sulfonamides is 1. The van der Waals surface area contributed by atoms with Crippen LogP contribution < -0.4 is 10.6 Å². The highest BCUT2D eigenvalue weighted by molar-refractivity contribution is 7.89. The fourth-order valence-corrected chi connectivity index (χ4v) is 6.41. The zero-order chi connectivity index (χ0) is 18.3.